The van der Waals surface area contributed by atoms with E-state index < -0.39 is 6.04 Å². The summed E-state index contributed by atoms with van der Waals surface area (Å²) in [6, 6.07) is -0.479. The van der Waals surface area contributed by atoms with E-state index in [2.05, 4.69) is 4.99 Å². The highest BCUT2D eigenvalue weighted by molar-refractivity contribution is 5.82. The van der Waals surface area contributed by atoms with Gasteiger partial charge in [-0.05, 0) is 19.8 Å². The minimum Gasteiger partial charge on any atom is -0.341 e. The number of likely N-dealkylation sites (N-methyl/N-ethyl adjacent to an activating group) is 1. The van der Waals surface area contributed by atoms with Gasteiger partial charge < -0.3 is 4.90 Å². The Labute approximate surface area is 84.0 Å². The molecule has 0 radical (unpaired) electrons. The number of carbonyl (C=O) groups excluding carboxylic acids is 2. The van der Waals surface area contributed by atoms with E-state index in [4.69, 9.17) is 0 Å². The number of amides is 1. The molecule has 0 aromatic heterocycles. The van der Waals surface area contributed by atoms with Crippen molar-refractivity contribution in [3.05, 3.63) is 0 Å². The van der Waals surface area contributed by atoms with Gasteiger partial charge in [-0.3, -0.25) is 4.79 Å². The van der Waals surface area contributed by atoms with Gasteiger partial charge in [-0.2, -0.15) is 4.99 Å². The Balaban J connectivity index is 2.70. The lowest BCUT2D eigenvalue weighted by molar-refractivity contribution is -0.133. The monoisotopic (exact) mass is 196 g/mol. The Morgan fingerprint density at radius 3 is 2.93 bits per heavy atom. The van der Waals surface area contributed by atoms with Crippen LogP contribution in [0.25, 0.3) is 0 Å². The first-order valence-electron chi connectivity index (χ1n) is 5.15. The highest BCUT2D eigenvalue weighted by Gasteiger charge is 2.24. The Morgan fingerprint density at radius 1 is 1.50 bits per heavy atom. The van der Waals surface area contributed by atoms with Crippen LogP contribution in [0.2, 0.25) is 0 Å². The normalized spacial score (nSPS) is 23.6. The zero-order valence-electron chi connectivity index (χ0n) is 8.53. The number of likely N-dealkylation sites (tertiary alicyclic amines) is 1. The van der Waals surface area contributed by atoms with Crippen LogP contribution < -0.4 is 0 Å². The Kier molecular flexibility index (Phi) is 4.33. The van der Waals surface area contributed by atoms with Gasteiger partial charge in [-0.25, -0.2) is 4.79 Å². The lowest BCUT2D eigenvalue weighted by Gasteiger charge is -2.26. The minimum absolute atomic E-state index is 0.0180. The maximum absolute atomic E-state index is 11.8. The van der Waals surface area contributed by atoms with Crippen molar-refractivity contribution < 1.29 is 9.59 Å². The molecule has 0 saturated carbocycles. The van der Waals surface area contributed by atoms with Crippen LogP contribution in [0, 0.1) is 0 Å². The topological polar surface area (TPSA) is 49.7 Å². The van der Waals surface area contributed by atoms with E-state index in [1.54, 1.807) is 4.90 Å². The fourth-order valence-corrected chi connectivity index (χ4v) is 1.76. The molecule has 1 fully saturated rings. The molecule has 1 saturated heterocycles. The zero-order valence-corrected chi connectivity index (χ0v) is 8.53. The van der Waals surface area contributed by atoms with Crippen LogP contribution in [-0.2, 0) is 9.59 Å². The smallest absolute Gasteiger partial charge is 0.248 e. The highest BCUT2D eigenvalue weighted by Crippen LogP contribution is 2.14. The van der Waals surface area contributed by atoms with Crippen LogP contribution in [0.5, 0.6) is 0 Å². The average Bonchev–Trinajstić information content (AvgIpc) is 2.18. The maximum atomic E-state index is 11.8. The summed E-state index contributed by atoms with van der Waals surface area (Å²) in [5.41, 5.74) is 0. The summed E-state index contributed by atoms with van der Waals surface area (Å²) >= 11 is 0. The summed E-state index contributed by atoms with van der Waals surface area (Å²) in [4.78, 5) is 27.3. The standard InChI is InChI=1S/C10H16N2O2/c1-2-12-7-5-3-4-6-9(10(12)14)11-8-13/h9H,2-7H2,1H3. The van der Waals surface area contributed by atoms with Crippen molar-refractivity contribution in [3.63, 3.8) is 0 Å². The minimum atomic E-state index is -0.479. The number of carbonyl (C=O) groups is 1. The van der Waals surface area contributed by atoms with Gasteiger partial charge in [0, 0.05) is 13.1 Å². The van der Waals surface area contributed by atoms with Crippen LogP contribution in [0.15, 0.2) is 4.99 Å². The van der Waals surface area contributed by atoms with Crippen molar-refractivity contribution in [2.45, 2.75) is 38.6 Å². The molecular weight excluding hydrogens is 180 g/mol. The number of rotatable bonds is 2. The molecular formula is C10H16N2O2. The lowest BCUT2D eigenvalue weighted by Crippen LogP contribution is -2.40. The Morgan fingerprint density at radius 2 is 2.29 bits per heavy atom. The van der Waals surface area contributed by atoms with Crippen molar-refractivity contribution >= 4 is 12.0 Å². The Bertz CT molecular complexity index is 247. The van der Waals surface area contributed by atoms with Gasteiger partial charge in [-0.1, -0.05) is 12.8 Å². The molecule has 1 heterocycles. The third-order valence-electron chi connectivity index (χ3n) is 2.59. The predicted molar refractivity (Wildman–Crippen MR) is 52.6 cm³/mol. The molecule has 0 bridgehead atoms. The molecule has 1 atom stereocenters. The molecule has 1 unspecified atom stereocenters. The van der Waals surface area contributed by atoms with Crippen LogP contribution in [0.1, 0.15) is 32.6 Å². The predicted octanol–water partition coefficient (Wildman–Crippen LogP) is 1.11. The van der Waals surface area contributed by atoms with E-state index in [0.717, 1.165) is 25.8 Å². The molecule has 4 nitrogen and oxygen atoms in total. The second-order valence-corrected chi connectivity index (χ2v) is 3.50. The Hall–Kier alpha value is -1.15. The number of isocyanates is 1. The SMILES string of the molecule is CCN1CCCCCC(N=C=O)C1=O. The van der Waals surface area contributed by atoms with Crippen LogP contribution in [0.4, 0.5) is 0 Å². The molecule has 0 spiro atoms. The number of aliphatic imine (C=N–C) groups is 1. The van der Waals surface area contributed by atoms with Gasteiger partial charge in [0.15, 0.2) is 0 Å². The van der Waals surface area contributed by atoms with Crippen LogP contribution >= 0.6 is 0 Å². The van der Waals surface area contributed by atoms with Crippen molar-refractivity contribution in [2.24, 2.45) is 4.99 Å². The number of hydrogen-bond acceptors (Lipinski definition) is 3. The molecule has 1 aliphatic rings. The van der Waals surface area contributed by atoms with Gasteiger partial charge in [0.2, 0.25) is 12.0 Å². The lowest BCUT2D eigenvalue weighted by atomic mass is 10.0. The first-order valence-corrected chi connectivity index (χ1v) is 5.15. The molecule has 0 aliphatic carbocycles. The molecule has 0 N–H and O–H groups in total. The summed E-state index contributed by atoms with van der Waals surface area (Å²) in [7, 11) is 0. The first kappa shape index (κ1) is 10.9. The van der Waals surface area contributed by atoms with Gasteiger partial charge in [0.05, 0.1) is 0 Å². The van der Waals surface area contributed by atoms with Crippen LogP contribution in [-0.4, -0.2) is 36.0 Å². The fourth-order valence-electron chi connectivity index (χ4n) is 1.76. The fraction of sp³-hybridized carbons (Fsp3) is 0.800. The quantitative estimate of drug-likeness (QED) is 0.490. The van der Waals surface area contributed by atoms with Gasteiger partial charge in [0.1, 0.15) is 6.04 Å². The van der Waals surface area contributed by atoms with Gasteiger partial charge >= 0.3 is 0 Å². The van der Waals surface area contributed by atoms with Crippen molar-refractivity contribution in [1.29, 1.82) is 0 Å². The van der Waals surface area contributed by atoms with Crippen LogP contribution in [0.3, 0.4) is 0 Å². The van der Waals surface area contributed by atoms with Gasteiger partial charge in [0.25, 0.3) is 0 Å². The van der Waals surface area contributed by atoms with Crippen molar-refractivity contribution in [3.8, 4) is 0 Å². The summed E-state index contributed by atoms with van der Waals surface area (Å²) in [6.07, 6.45) is 5.30. The molecule has 14 heavy (non-hydrogen) atoms. The van der Waals surface area contributed by atoms with Crippen molar-refractivity contribution in [2.75, 3.05) is 13.1 Å². The van der Waals surface area contributed by atoms with E-state index in [9.17, 15) is 9.59 Å². The number of nitrogens with zero attached hydrogens (tertiary/aromatic N) is 2. The average molecular weight is 196 g/mol. The molecule has 1 aliphatic heterocycles. The molecule has 1 amide bonds. The zero-order chi connectivity index (χ0) is 10.4. The second kappa shape index (κ2) is 5.55. The first-order chi connectivity index (χ1) is 6.79. The largest absolute Gasteiger partial charge is 0.341 e. The third kappa shape index (κ3) is 2.67. The summed E-state index contributed by atoms with van der Waals surface area (Å²) in [5, 5.41) is 0. The molecule has 4 heteroatoms. The van der Waals surface area contributed by atoms with E-state index >= 15 is 0 Å². The number of hydrogen-bond donors (Lipinski definition) is 0. The highest BCUT2D eigenvalue weighted by atomic mass is 16.2. The molecule has 0 aromatic rings. The third-order valence-corrected chi connectivity index (χ3v) is 2.59. The maximum Gasteiger partial charge on any atom is 0.248 e. The molecule has 1 rings (SSSR count). The molecule has 0 aromatic carbocycles. The van der Waals surface area contributed by atoms with Gasteiger partial charge in [-0.15, -0.1) is 0 Å². The van der Waals surface area contributed by atoms with E-state index in [1.165, 1.54) is 6.08 Å². The van der Waals surface area contributed by atoms with Crippen molar-refractivity contribution in [1.82, 2.24) is 4.90 Å². The molecule has 78 valence electrons. The summed E-state index contributed by atoms with van der Waals surface area (Å²) < 4.78 is 0. The van der Waals surface area contributed by atoms with E-state index in [1.807, 2.05) is 6.92 Å². The summed E-state index contributed by atoms with van der Waals surface area (Å²) in [6.45, 7) is 3.44. The summed E-state index contributed by atoms with van der Waals surface area (Å²) in [5.74, 6) is -0.0180. The second-order valence-electron chi connectivity index (χ2n) is 3.50. The van der Waals surface area contributed by atoms with E-state index in [0.29, 0.717) is 13.0 Å². The van der Waals surface area contributed by atoms with E-state index in [-0.39, 0.29) is 5.91 Å².